The summed E-state index contributed by atoms with van der Waals surface area (Å²) >= 11 is 0. The largest absolute Gasteiger partial charge is 0.497 e. The van der Waals surface area contributed by atoms with Crippen LogP contribution in [0.4, 0.5) is 0 Å². The van der Waals surface area contributed by atoms with Gasteiger partial charge in [-0.2, -0.15) is 0 Å². The number of aliphatic hydroxyl groups is 1. The van der Waals surface area contributed by atoms with Crippen molar-refractivity contribution >= 4 is 32.9 Å². The molecule has 0 aliphatic carbocycles. The molecule has 4 aromatic rings. The minimum atomic E-state index is -3.34. The average molecular weight is 827 g/mol. The molecule has 312 valence electrons. The Balaban J connectivity index is 1.96. The minimum absolute atomic E-state index is 0.00260. The molecule has 4 aromatic carbocycles. The molecule has 0 saturated carbocycles. The smallest absolute Gasteiger partial charge is 0.261 e. The van der Waals surface area contributed by atoms with Crippen LogP contribution in [-0.2, 0) is 36.3 Å². The molecule has 0 unspecified atom stereocenters. The van der Waals surface area contributed by atoms with E-state index >= 15 is 0 Å². The summed E-state index contributed by atoms with van der Waals surface area (Å²) in [5.74, 6) is 0.0199. The van der Waals surface area contributed by atoms with E-state index in [4.69, 9.17) is 23.1 Å². The van der Waals surface area contributed by atoms with Crippen LogP contribution < -0.4 is 20.4 Å². The topological polar surface area (TPSA) is 144 Å². The standard InChI is InChI=1S/C45H62N4O7Si2/c1-43(2,3)57(9,10)55-32-39(50)40(53-30-35-26-28-36(52-8)29-27-35)41(54-31-34-20-14-11-15-21-34)45(48-49-46,42(51)47-7)33-56-58(44(4,5)6,37-22-16-12-17-23-37)38-24-18-13-19-25-38/h11-29,39-41,50H,30-33H2,1-10H3,(H,47,51)/t39-,40-,41-,45+/m0/s1. The summed E-state index contributed by atoms with van der Waals surface area (Å²) in [7, 11) is -2.66. The molecule has 13 heteroatoms. The number of carbonyl (C=O) groups excluding carboxylic acids is 1. The maximum Gasteiger partial charge on any atom is 0.261 e. The molecule has 1 amide bonds. The predicted octanol–water partition coefficient (Wildman–Crippen LogP) is 7.92. The van der Waals surface area contributed by atoms with Crippen LogP contribution in [0, 0.1) is 0 Å². The van der Waals surface area contributed by atoms with Crippen LogP contribution in [0.25, 0.3) is 10.4 Å². The summed E-state index contributed by atoms with van der Waals surface area (Å²) in [6.07, 6.45) is -3.99. The molecular formula is C45H62N4O7Si2. The molecule has 0 aliphatic rings. The number of hydrogen-bond acceptors (Lipinski definition) is 8. The van der Waals surface area contributed by atoms with Gasteiger partial charge in [0.05, 0.1) is 33.5 Å². The Bertz CT molecular complexity index is 1880. The second kappa shape index (κ2) is 20.1. The van der Waals surface area contributed by atoms with E-state index in [9.17, 15) is 15.4 Å². The molecule has 0 fully saturated rings. The number of hydrogen-bond donors (Lipinski definition) is 2. The van der Waals surface area contributed by atoms with Crippen molar-refractivity contribution in [2.24, 2.45) is 5.11 Å². The molecule has 0 saturated heterocycles. The van der Waals surface area contributed by atoms with Crippen molar-refractivity contribution in [1.82, 2.24) is 5.32 Å². The van der Waals surface area contributed by atoms with Gasteiger partial charge < -0.3 is 33.5 Å². The lowest BCUT2D eigenvalue weighted by Crippen LogP contribution is -2.70. The molecule has 4 atom stereocenters. The number of nitrogens with zero attached hydrogens (tertiary/aromatic N) is 3. The molecule has 2 N–H and O–H groups in total. The first-order chi connectivity index (χ1) is 27.5. The van der Waals surface area contributed by atoms with Crippen LogP contribution in [0.2, 0.25) is 23.2 Å². The van der Waals surface area contributed by atoms with Crippen molar-refractivity contribution in [3.05, 3.63) is 137 Å². The predicted molar refractivity (Wildman–Crippen MR) is 235 cm³/mol. The highest BCUT2D eigenvalue weighted by atomic mass is 28.4. The summed E-state index contributed by atoms with van der Waals surface area (Å²) in [5.41, 5.74) is 9.90. The van der Waals surface area contributed by atoms with Crippen LogP contribution in [0.1, 0.15) is 52.7 Å². The van der Waals surface area contributed by atoms with E-state index in [0.29, 0.717) is 5.75 Å². The van der Waals surface area contributed by atoms with Gasteiger partial charge in [0.25, 0.3) is 8.32 Å². The Kier molecular flexibility index (Phi) is 16.1. The zero-order valence-electron chi connectivity index (χ0n) is 35.8. The van der Waals surface area contributed by atoms with Gasteiger partial charge in [-0.05, 0) is 62.3 Å². The first-order valence-electron chi connectivity index (χ1n) is 19.7. The minimum Gasteiger partial charge on any atom is -0.497 e. The number of azide groups is 1. The van der Waals surface area contributed by atoms with Crippen LogP contribution in [0.5, 0.6) is 5.75 Å². The highest BCUT2D eigenvalue weighted by molar-refractivity contribution is 6.99. The lowest BCUT2D eigenvalue weighted by atomic mass is 9.86. The molecule has 4 rings (SSSR count). The lowest BCUT2D eigenvalue weighted by Gasteiger charge is -2.47. The van der Waals surface area contributed by atoms with Gasteiger partial charge in [0.2, 0.25) is 5.91 Å². The van der Waals surface area contributed by atoms with Gasteiger partial charge in [0.15, 0.2) is 13.9 Å². The molecule has 0 heterocycles. The molecule has 0 bridgehead atoms. The molecule has 0 aromatic heterocycles. The van der Waals surface area contributed by atoms with Gasteiger partial charge in [-0.15, -0.1) is 0 Å². The van der Waals surface area contributed by atoms with Crippen LogP contribution in [-0.4, -0.2) is 78.9 Å². The molecule has 0 spiro atoms. The number of amides is 1. The van der Waals surface area contributed by atoms with Crippen molar-refractivity contribution in [1.29, 1.82) is 0 Å². The summed E-state index contributed by atoms with van der Waals surface area (Å²) < 4.78 is 32.8. The van der Waals surface area contributed by atoms with Crippen LogP contribution >= 0.6 is 0 Å². The Morgan fingerprint density at radius 2 is 1.26 bits per heavy atom. The fourth-order valence-electron chi connectivity index (χ4n) is 6.87. The number of aliphatic hydroxyl groups excluding tert-OH is 1. The zero-order valence-corrected chi connectivity index (χ0v) is 37.8. The molecule has 11 nitrogen and oxygen atoms in total. The monoisotopic (exact) mass is 826 g/mol. The zero-order chi connectivity index (χ0) is 42.6. The van der Waals surface area contributed by atoms with Crippen molar-refractivity contribution in [3.63, 3.8) is 0 Å². The fourth-order valence-corrected chi connectivity index (χ4v) is 12.5. The van der Waals surface area contributed by atoms with Gasteiger partial charge in [-0.1, -0.05) is 150 Å². The van der Waals surface area contributed by atoms with E-state index in [1.807, 2.05) is 115 Å². The second-order valence-electron chi connectivity index (χ2n) is 17.1. The number of nitrogens with one attached hydrogen (secondary N) is 1. The third-order valence-electron chi connectivity index (χ3n) is 11.2. The number of ether oxygens (including phenoxy) is 3. The third-order valence-corrected chi connectivity index (χ3v) is 20.7. The highest BCUT2D eigenvalue weighted by Crippen LogP contribution is 2.40. The van der Waals surface area contributed by atoms with Crippen molar-refractivity contribution < 1.29 is 33.0 Å². The van der Waals surface area contributed by atoms with E-state index < -0.39 is 58.0 Å². The Morgan fingerprint density at radius 1 is 0.759 bits per heavy atom. The summed E-state index contributed by atoms with van der Waals surface area (Å²) in [5, 5.41) is 20.7. The second-order valence-corrected chi connectivity index (χ2v) is 26.2. The van der Waals surface area contributed by atoms with Gasteiger partial charge in [-0.25, -0.2) is 0 Å². The number of likely N-dealkylation sites (N-methyl/N-ethyl adjacent to an activating group) is 1. The maximum atomic E-state index is 14.7. The van der Waals surface area contributed by atoms with Gasteiger partial charge >= 0.3 is 0 Å². The first kappa shape index (κ1) is 46.4. The van der Waals surface area contributed by atoms with Crippen LogP contribution in [0.3, 0.4) is 0 Å². The van der Waals surface area contributed by atoms with E-state index in [0.717, 1.165) is 21.5 Å². The summed E-state index contributed by atoms with van der Waals surface area (Å²) in [4.78, 5) is 18.0. The maximum absolute atomic E-state index is 14.7. The van der Waals surface area contributed by atoms with Crippen molar-refractivity contribution in [2.75, 3.05) is 27.4 Å². The SMILES string of the molecule is CNC(=O)[C@](CO[Si](c1ccccc1)(c1ccccc1)C(C)(C)C)(N=[N+]=[N-])[C@@H](OCc1ccccc1)[C@@H](OCc1ccc(OC)cc1)[C@@H](O)CO[Si](C)(C)C(C)(C)C. The fraction of sp³-hybridized carbons (Fsp3) is 0.444. The molecule has 58 heavy (non-hydrogen) atoms. The normalized spacial score (nSPS) is 15.0. The van der Waals surface area contributed by atoms with E-state index in [1.165, 1.54) is 7.05 Å². The Hall–Kier alpha value is -4.31. The van der Waals surface area contributed by atoms with Crippen LogP contribution in [0.15, 0.2) is 120 Å². The van der Waals surface area contributed by atoms with Crippen molar-refractivity contribution in [3.8, 4) is 5.75 Å². The van der Waals surface area contributed by atoms with Gasteiger partial charge in [-0.3, -0.25) is 4.79 Å². The lowest BCUT2D eigenvalue weighted by molar-refractivity contribution is -0.173. The summed E-state index contributed by atoms with van der Waals surface area (Å²) in [6.45, 7) is 16.4. The first-order valence-corrected chi connectivity index (χ1v) is 24.5. The summed E-state index contributed by atoms with van der Waals surface area (Å²) in [6, 6.07) is 36.8. The Labute approximate surface area is 346 Å². The average Bonchev–Trinajstić information content (AvgIpc) is 3.21. The van der Waals surface area contributed by atoms with Gasteiger partial charge in [0.1, 0.15) is 24.1 Å². The molecule has 0 aliphatic heterocycles. The van der Waals surface area contributed by atoms with E-state index in [1.54, 1.807) is 7.11 Å². The van der Waals surface area contributed by atoms with Crippen molar-refractivity contribution in [2.45, 2.75) is 102 Å². The highest BCUT2D eigenvalue weighted by Gasteiger charge is 2.57. The Morgan fingerprint density at radius 3 is 1.72 bits per heavy atom. The molecular weight excluding hydrogens is 765 g/mol. The van der Waals surface area contributed by atoms with E-state index in [-0.39, 0.29) is 24.9 Å². The molecule has 0 radical (unpaired) electrons. The van der Waals surface area contributed by atoms with Gasteiger partial charge in [0, 0.05) is 12.0 Å². The third kappa shape index (κ3) is 10.8. The number of methoxy groups -OCH3 is 1. The number of rotatable bonds is 20. The quantitative estimate of drug-likeness (QED) is 0.0399. The van der Waals surface area contributed by atoms with E-state index in [2.05, 4.69) is 70.0 Å². The number of carbonyl (C=O) groups is 1. The number of benzene rings is 4.